The zero-order valence-corrected chi connectivity index (χ0v) is 21.9. The molecule has 1 amide bonds. The van der Waals surface area contributed by atoms with E-state index in [0.717, 1.165) is 5.56 Å². The summed E-state index contributed by atoms with van der Waals surface area (Å²) in [4.78, 5) is 22.2. The van der Waals surface area contributed by atoms with Gasteiger partial charge in [-0.1, -0.05) is 32.9 Å². The zero-order chi connectivity index (χ0) is 27.2. The Morgan fingerprint density at radius 2 is 1.57 bits per heavy atom. The molecule has 0 bridgehead atoms. The second-order valence-electron chi connectivity index (χ2n) is 9.74. The van der Waals surface area contributed by atoms with Crippen LogP contribution < -0.4 is 4.48 Å². The number of benzene rings is 1. The van der Waals surface area contributed by atoms with Crippen LogP contribution in [0.3, 0.4) is 0 Å². The van der Waals surface area contributed by atoms with Gasteiger partial charge in [0, 0.05) is 18.6 Å². The lowest BCUT2D eigenvalue weighted by molar-refractivity contribution is 0.0802. The van der Waals surface area contributed by atoms with Gasteiger partial charge in [0.15, 0.2) is 0 Å². The van der Waals surface area contributed by atoms with E-state index < -0.39 is 42.4 Å². The van der Waals surface area contributed by atoms with Crippen molar-refractivity contribution in [3.05, 3.63) is 78.6 Å². The summed E-state index contributed by atoms with van der Waals surface area (Å²) in [7, 11) is -9.91. The molecule has 1 aromatic carbocycles. The first-order valence-corrected chi connectivity index (χ1v) is 14.2. The van der Waals surface area contributed by atoms with Crippen LogP contribution in [0.15, 0.2) is 67.5 Å². The molecule has 4 rings (SSSR count). The topological polar surface area (TPSA) is 161 Å². The molecule has 0 radical (unpaired) electrons. The Labute approximate surface area is 213 Å². The van der Waals surface area contributed by atoms with Crippen LogP contribution in [0.2, 0.25) is 0 Å². The molecule has 0 spiro atoms. The largest absolute Gasteiger partial charge is 0.354 e. The van der Waals surface area contributed by atoms with Gasteiger partial charge in [-0.3, -0.25) is 13.5 Å². The molecule has 14 heteroatoms. The summed E-state index contributed by atoms with van der Waals surface area (Å²) >= 11 is 0. The van der Waals surface area contributed by atoms with Crippen LogP contribution in [0.25, 0.3) is 11.3 Å². The van der Waals surface area contributed by atoms with Crippen molar-refractivity contribution >= 4 is 37.6 Å². The van der Waals surface area contributed by atoms with Gasteiger partial charge < -0.3 is 4.57 Å². The van der Waals surface area contributed by atoms with E-state index in [1.807, 2.05) is 20.8 Å². The minimum absolute atomic E-state index is 0.0311. The van der Waals surface area contributed by atoms with E-state index in [1.54, 1.807) is 53.8 Å². The molecule has 0 aliphatic carbocycles. The highest BCUT2D eigenvalue weighted by atomic mass is 32.2. The van der Waals surface area contributed by atoms with Gasteiger partial charge in [-0.15, -0.1) is 0 Å². The highest BCUT2D eigenvalue weighted by Crippen LogP contribution is 2.30. The minimum atomic E-state index is -4.95. The summed E-state index contributed by atoms with van der Waals surface area (Å²) in [5, 5.41) is 0. The normalized spacial score (nSPS) is 13.2. The Hall–Kier alpha value is -3.43. The SMILES string of the molecule is CC(C)(C)c1ccc(C(=O)[N+](CS(=O)(=O)O)(CS(=O)(=O)O)c2cn3cc(-n4ccnc4)ccc3n2)cc1. The molecule has 196 valence electrons. The maximum absolute atomic E-state index is 13.9. The third-order valence-corrected chi connectivity index (χ3v) is 7.35. The number of fused-ring (bicyclic) bond motifs is 1. The number of pyridine rings is 1. The highest BCUT2D eigenvalue weighted by molar-refractivity contribution is 7.86. The number of imidazole rings is 2. The van der Waals surface area contributed by atoms with Gasteiger partial charge in [0.25, 0.3) is 5.82 Å². The van der Waals surface area contributed by atoms with E-state index in [-0.39, 0.29) is 22.4 Å². The molecule has 0 atom stereocenters. The Morgan fingerprint density at radius 1 is 0.946 bits per heavy atom. The molecule has 3 heterocycles. The van der Waals surface area contributed by atoms with Gasteiger partial charge in [-0.25, -0.2) is 9.78 Å². The van der Waals surface area contributed by atoms with E-state index in [1.165, 1.54) is 22.7 Å². The van der Waals surface area contributed by atoms with Crippen molar-refractivity contribution in [1.82, 2.24) is 23.4 Å². The Morgan fingerprint density at radius 3 is 2.08 bits per heavy atom. The first kappa shape index (κ1) is 26.6. The third-order valence-electron chi connectivity index (χ3n) is 5.82. The van der Waals surface area contributed by atoms with Crippen LogP contribution in [0.1, 0.15) is 36.7 Å². The molecule has 12 nitrogen and oxygen atoms in total. The maximum atomic E-state index is 13.9. The predicted octanol–water partition coefficient (Wildman–Crippen LogP) is 2.66. The number of carbonyl (C=O) groups is 1. The Bertz CT molecular complexity index is 1640. The van der Waals surface area contributed by atoms with Gasteiger partial charge >= 0.3 is 26.1 Å². The smallest absolute Gasteiger partial charge is 0.305 e. The number of nitrogens with zero attached hydrogens (tertiary/aromatic N) is 5. The number of hydrogen-bond donors (Lipinski definition) is 2. The lowest BCUT2D eigenvalue weighted by Crippen LogP contribution is -2.59. The van der Waals surface area contributed by atoms with Crippen LogP contribution in [-0.4, -0.2) is 62.5 Å². The summed E-state index contributed by atoms with van der Waals surface area (Å²) < 4.78 is 69.7. The van der Waals surface area contributed by atoms with Crippen LogP contribution in [0.4, 0.5) is 5.82 Å². The van der Waals surface area contributed by atoms with E-state index in [9.17, 15) is 30.7 Å². The van der Waals surface area contributed by atoms with Crippen molar-refractivity contribution in [3.8, 4) is 5.69 Å². The monoisotopic (exact) mass is 548 g/mol. The van der Waals surface area contributed by atoms with Crippen molar-refractivity contribution in [2.45, 2.75) is 26.2 Å². The molecule has 0 fully saturated rings. The van der Waals surface area contributed by atoms with Gasteiger partial charge in [-0.2, -0.15) is 26.3 Å². The number of hydrogen-bond acceptors (Lipinski definition) is 7. The minimum Gasteiger partial charge on any atom is -0.305 e. The number of quaternary nitrogens is 1. The number of aromatic nitrogens is 4. The average Bonchev–Trinajstić information content (AvgIpc) is 3.45. The second-order valence-corrected chi connectivity index (χ2v) is 12.6. The average molecular weight is 549 g/mol. The molecule has 37 heavy (non-hydrogen) atoms. The molecule has 0 aliphatic heterocycles. The fourth-order valence-electron chi connectivity index (χ4n) is 4.05. The van der Waals surface area contributed by atoms with Crippen LogP contribution in [-0.2, 0) is 25.7 Å². The molecular weight excluding hydrogens is 522 g/mol. The first-order valence-electron chi connectivity index (χ1n) is 11.0. The number of carbonyl (C=O) groups excluding carboxylic acids is 1. The standard InChI is InChI=1S/C23H25N5O7S2/c1-23(2,3)18-6-4-17(5-7-18)22(29)28(15-36(30,31)32,16-37(33,34)35)21-13-27-12-19(8-9-20(27)25-21)26-11-10-24-14-26/h4-14H,15-16H2,1-3H3,(H-,30,31,32,33,34,35)/p+1. The second kappa shape index (κ2) is 9.15. The fraction of sp³-hybridized carbons (Fsp3) is 0.261. The van der Waals surface area contributed by atoms with Gasteiger partial charge in [0.05, 0.1) is 23.8 Å². The molecule has 2 N–H and O–H groups in total. The van der Waals surface area contributed by atoms with E-state index in [4.69, 9.17) is 0 Å². The third kappa shape index (κ3) is 5.78. The van der Waals surface area contributed by atoms with Gasteiger partial charge in [0.1, 0.15) is 5.65 Å². The van der Waals surface area contributed by atoms with Crippen molar-refractivity contribution in [1.29, 1.82) is 0 Å². The summed E-state index contributed by atoms with van der Waals surface area (Å²) in [6.45, 7) is 5.90. The molecule has 0 unspecified atom stereocenters. The number of amides is 1. The predicted molar refractivity (Wildman–Crippen MR) is 136 cm³/mol. The fourth-order valence-corrected chi connectivity index (χ4v) is 5.96. The molecule has 0 saturated heterocycles. The molecule has 4 aromatic rings. The van der Waals surface area contributed by atoms with Crippen LogP contribution in [0.5, 0.6) is 0 Å². The molecule has 0 aliphatic rings. The summed E-state index contributed by atoms with van der Waals surface area (Å²) in [6, 6.07) is 9.50. The van der Waals surface area contributed by atoms with Gasteiger partial charge in [-0.05, 0) is 35.2 Å². The van der Waals surface area contributed by atoms with Crippen molar-refractivity contribution < 1.29 is 30.7 Å². The quantitative estimate of drug-likeness (QED) is 0.261. The van der Waals surface area contributed by atoms with Crippen LogP contribution in [0, 0.1) is 0 Å². The van der Waals surface area contributed by atoms with Crippen molar-refractivity contribution in [2.75, 3.05) is 11.8 Å². The van der Waals surface area contributed by atoms with E-state index in [0.29, 0.717) is 5.69 Å². The first-order chi connectivity index (χ1) is 17.1. The summed E-state index contributed by atoms with van der Waals surface area (Å²) in [5.74, 6) is -4.03. The van der Waals surface area contributed by atoms with E-state index >= 15 is 0 Å². The van der Waals surface area contributed by atoms with Crippen molar-refractivity contribution in [3.63, 3.8) is 0 Å². The molecular formula is C23H26N5O7S2+. The Balaban J connectivity index is 1.93. The summed E-state index contributed by atoms with van der Waals surface area (Å²) in [5.41, 5.74) is 1.52. The molecule has 3 aromatic heterocycles. The maximum Gasteiger partial charge on any atom is 0.354 e. The lowest BCUT2D eigenvalue weighted by atomic mass is 9.86. The van der Waals surface area contributed by atoms with Gasteiger partial charge in [0.2, 0.25) is 11.8 Å². The van der Waals surface area contributed by atoms with Crippen molar-refractivity contribution in [2.24, 2.45) is 0 Å². The Kier molecular flexibility index (Phi) is 6.58. The number of rotatable bonds is 7. The van der Waals surface area contributed by atoms with Crippen LogP contribution >= 0.6 is 0 Å². The van der Waals surface area contributed by atoms with E-state index in [2.05, 4.69) is 9.97 Å². The highest BCUT2D eigenvalue weighted by Gasteiger charge is 2.49. The summed E-state index contributed by atoms with van der Waals surface area (Å²) in [6.07, 6.45) is 7.73. The zero-order valence-electron chi connectivity index (χ0n) is 20.3. The molecule has 0 saturated carbocycles. The lowest BCUT2D eigenvalue weighted by Gasteiger charge is -2.30.